The Labute approximate surface area is 169 Å². The quantitative estimate of drug-likeness (QED) is 0.855. The van der Waals surface area contributed by atoms with Gasteiger partial charge in [-0.15, -0.1) is 0 Å². The van der Waals surface area contributed by atoms with Crippen molar-refractivity contribution in [3.8, 4) is 0 Å². The summed E-state index contributed by atoms with van der Waals surface area (Å²) in [4.78, 5) is 33.2. The molecule has 2 aliphatic rings. The maximum Gasteiger partial charge on any atom is 0.321 e. The van der Waals surface area contributed by atoms with E-state index in [1.807, 2.05) is 25.2 Å². The second-order valence-electron chi connectivity index (χ2n) is 7.74. The van der Waals surface area contributed by atoms with Crippen LogP contribution in [0.25, 0.3) is 0 Å². The van der Waals surface area contributed by atoms with E-state index in [4.69, 9.17) is 11.6 Å². The molecule has 146 valence electrons. The summed E-state index contributed by atoms with van der Waals surface area (Å²) in [5, 5.41) is 3.53. The molecule has 28 heavy (non-hydrogen) atoms. The number of amides is 3. The zero-order valence-electron chi connectivity index (χ0n) is 15.8. The number of halogens is 1. The first-order chi connectivity index (χ1) is 13.5. The summed E-state index contributed by atoms with van der Waals surface area (Å²) in [6.07, 6.45) is 3.46. The van der Waals surface area contributed by atoms with Crippen LogP contribution in [0.3, 0.4) is 0 Å². The number of anilines is 1. The van der Waals surface area contributed by atoms with E-state index in [0.29, 0.717) is 30.3 Å². The Kier molecular flexibility index (Phi) is 4.98. The molecule has 1 aromatic carbocycles. The first-order valence-corrected chi connectivity index (χ1v) is 9.81. The van der Waals surface area contributed by atoms with Crippen molar-refractivity contribution < 1.29 is 9.59 Å². The molecule has 1 saturated carbocycles. The second kappa shape index (κ2) is 7.43. The molecule has 1 saturated heterocycles. The Hall–Kier alpha value is -2.60. The molecular weight excluding hydrogens is 376 g/mol. The number of nitrogens with zero attached hydrogens (tertiary/aromatic N) is 3. The van der Waals surface area contributed by atoms with E-state index < -0.39 is 0 Å². The number of nitrogens with one attached hydrogen (secondary N) is 1. The molecule has 1 aromatic heterocycles. The van der Waals surface area contributed by atoms with E-state index in [0.717, 1.165) is 18.5 Å². The highest BCUT2D eigenvalue weighted by Gasteiger charge is 2.61. The SMILES string of the molecule is CN(Cc1ccccn1)C(=O)[C@@H]1C[C@@]12CCN(C(=O)Nc1ccc(Cl)cc1)C2. The number of rotatable bonds is 4. The van der Waals surface area contributed by atoms with Gasteiger partial charge in [-0.25, -0.2) is 4.79 Å². The van der Waals surface area contributed by atoms with Crippen molar-refractivity contribution in [3.63, 3.8) is 0 Å². The van der Waals surface area contributed by atoms with Gasteiger partial charge >= 0.3 is 6.03 Å². The molecule has 2 atom stereocenters. The summed E-state index contributed by atoms with van der Waals surface area (Å²) in [5.41, 5.74) is 1.53. The van der Waals surface area contributed by atoms with Gasteiger partial charge in [0.15, 0.2) is 0 Å². The van der Waals surface area contributed by atoms with Crippen LogP contribution in [-0.4, -0.2) is 46.9 Å². The van der Waals surface area contributed by atoms with Gasteiger partial charge in [0.1, 0.15) is 0 Å². The van der Waals surface area contributed by atoms with E-state index >= 15 is 0 Å². The number of pyridine rings is 1. The molecule has 1 N–H and O–H groups in total. The van der Waals surface area contributed by atoms with Crippen LogP contribution in [0.1, 0.15) is 18.5 Å². The fourth-order valence-electron chi connectivity index (χ4n) is 4.03. The van der Waals surface area contributed by atoms with Gasteiger partial charge in [-0.05, 0) is 49.2 Å². The van der Waals surface area contributed by atoms with Crippen molar-refractivity contribution in [2.45, 2.75) is 19.4 Å². The van der Waals surface area contributed by atoms with Crippen LogP contribution in [0.2, 0.25) is 5.02 Å². The number of carbonyl (C=O) groups is 2. The molecule has 4 rings (SSSR count). The van der Waals surface area contributed by atoms with E-state index in [2.05, 4.69) is 10.3 Å². The van der Waals surface area contributed by atoms with E-state index in [-0.39, 0.29) is 23.3 Å². The zero-order chi connectivity index (χ0) is 19.7. The van der Waals surface area contributed by atoms with Gasteiger partial charge in [0.05, 0.1) is 12.2 Å². The molecule has 0 radical (unpaired) electrons. The van der Waals surface area contributed by atoms with Crippen molar-refractivity contribution in [3.05, 3.63) is 59.4 Å². The summed E-state index contributed by atoms with van der Waals surface area (Å²) in [7, 11) is 1.82. The van der Waals surface area contributed by atoms with Crippen molar-refractivity contribution >= 4 is 29.2 Å². The van der Waals surface area contributed by atoms with Crippen LogP contribution in [0, 0.1) is 11.3 Å². The highest BCUT2D eigenvalue weighted by molar-refractivity contribution is 6.30. The van der Waals surface area contributed by atoms with Gasteiger partial charge in [-0.3, -0.25) is 9.78 Å². The van der Waals surface area contributed by atoms with Crippen LogP contribution in [-0.2, 0) is 11.3 Å². The molecule has 1 aliphatic carbocycles. The van der Waals surface area contributed by atoms with Gasteiger partial charge < -0.3 is 15.1 Å². The average Bonchev–Trinajstić information content (AvgIpc) is 3.22. The molecule has 2 heterocycles. The third-order valence-corrected chi connectivity index (χ3v) is 6.01. The number of hydrogen-bond donors (Lipinski definition) is 1. The molecule has 7 heteroatoms. The molecule has 1 aliphatic heterocycles. The lowest BCUT2D eigenvalue weighted by molar-refractivity contribution is -0.132. The molecule has 1 spiro atoms. The van der Waals surface area contributed by atoms with Gasteiger partial charge in [0.25, 0.3) is 0 Å². The van der Waals surface area contributed by atoms with Crippen LogP contribution in [0.15, 0.2) is 48.7 Å². The summed E-state index contributed by atoms with van der Waals surface area (Å²) in [6.45, 7) is 1.81. The zero-order valence-corrected chi connectivity index (χ0v) is 16.5. The first-order valence-electron chi connectivity index (χ1n) is 9.43. The highest BCUT2D eigenvalue weighted by Crippen LogP contribution is 2.59. The third-order valence-electron chi connectivity index (χ3n) is 5.76. The van der Waals surface area contributed by atoms with Crippen molar-refractivity contribution in [1.82, 2.24) is 14.8 Å². The van der Waals surface area contributed by atoms with Gasteiger partial charge in [0.2, 0.25) is 5.91 Å². The Morgan fingerprint density at radius 3 is 2.79 bits per heavy atom. The van der Waals surface area contributed by atoms with E-state index in [1.54, 1.807) is 40.3 Å². The lowest BCUT2D eigenvalue weighted by Crippen LogP contribution is -2.34. The fourth-order valence-corrected chi connectivity index (χ4v) is 4.16. The molecule has 2 aromatic rings. The summed E-state index contributed by atoms with van der Waals surface area (Å²) >= 11 is 5.88. The molecule has 6 nitrogen and oxygen atoms in total. The lowest BCUT2D eigenvalue weighted by Gasteiger charge is -2.20. The first kappa shape index (κ1) is 18.7. The Morgan fingerprint density at radius 2 is 2.07 bits per heavy atom. The Balaban J connectivity index is 1.32. The summed E-state index contributed by atoms with van der Waals surface area (Å²) in [5.74, 6) is 0.139. The Bertz CT molecular complexity index is 874. The number of carbonyl (C=O) groups excluding carboxylic acids is 2. The van der Waals surface area contributed by atoms with Crippen molar-refractivity contribution in [2.75, 3.05) is 25.5 Å². The van der Waals surface area contributed by atoms with E-state index in [1.165, 1.54) is 0 Å². The van der Waals surface area contributed by atoms with Gasteiger partial charge in [-0.1, -0.05) is 17.7 Å². The molecular formula is C21H23ClN4O2. The predicted molar refractivity (Wildman–Crippen MR) is 108 cm³/mol. The molecule has 0 bridgehead atoms. The molecule has 2 fully saturated rings. The predicted octanol–water partition coefficient (Wildman–Crippen LogP) is 3.64. The lowest BCUT2D eigenvalue weighted by atomic mass is 10.0. The highest BCUT2D eigenvalue weighted by atomic mass is 35.5. The monoisotopic (exact) mass is 398 g/mol. The minimum absolute atomic E-state index is 0.00505. The maximum atomic E-state index is 12.8. The smallest absolute Gasteiger partial charge is 0.321 e. The Morgan fingerprint density at radius 1 is 1.29 bits per heavy atom. The fraction of sp³-hybridized carbons (Fsp3) is 0.381. The number of aromatic nitrogens is 1. The topological polar surface area (TPSA) is 65.5 Å². The summed E-state index contributed by atoms with van der Waals surface area (Å²) in [6, 6.07) is 12.6. The standard InChI is InChI=1S/C21H23ClN4O2/c1-25(13-17-4-2-3-10-23-17)19(27)18-12-21(18)9-11-26(14-21)20(28)24-16-7-5-15(22)6-8-16/h2-8,10,18H,9,11-14H2,1H3,(H,24,28)/t18-,21+/m0/s1. The normalized spacial score (nSPS) is 22.9. The second-order valence-corrected chi connectivity index (χ2v) is 8.18. The van der Waals surface area contributed by atoms with Crippen LogP contribution >= 0.6 is 11.6 Å². The maximum absolute atomic E-state index is 12.8. The average molecular weight is 399 g/mol. The molecule has 3 amide bonds. The minimum atomic E-state index is -0.126. The van der Waals surface area contributed by atoms with E-state index in [9.17, 15) is 9.59 Å². The number of likely N-dealkylation sites (tertiary alicyclic amines) is 1. The van der Waals surface area contributed by atoms with Gasteiger partial charge in [-0.2, -0.15) is 0 Å². The molecule has 0 unspecified atom stereocenters. The van der Waals surface area contributed by atoms with Crippen molar-refractivity contribution in [1.29, 1.82) is 0 Å². The van der Waals surface area contributed by atoms with Crippen LogP contribution in [0.4, 0.5) is 10.5 Å². The van der Waals surface area contributed by atoms with Crippen molar-refractivity contribution in [2.24, 2.45) is 11.3 Å². The number of hydrogen-bond acceptors (Lipinski definition) is 3. The van der Waals surface area contributed by atoms with Gasteiger partial charge in [0, 0.05) is 48.4 Å². The minimum Gasteiger partial charge on any atom is -0.340 e. The van der Waals surface area contributed by atoms with Crippen LogP contribution < -0.4 is 5.32 Å². The number of benzene rings is 1. The summed E-state index contributed by atoms with van der Waals surface area (Å²) < 4.78 is 0. The third kappa shape index (κ3) is 3.83. The number of urea groups is 1. The van der Waals surface area contributed by atoms with Crippen LogP contribution in [0.5, 0.6) is 0 Å². The largest absolute Gasteiger partial charge is 0.340 e.